The summed E-state index contributed by atoms with van der Waals surface area (Å²) >= 11 is 2.19. The fourth-order valence-electron chi connectivity index (χ4n) is 1.60. The summed E-state index contributed by atoms with van der Waals surface area (Å²) in [5.41, 5.74) is 0.480. The summed E-state index contributed by atoms with van der Waals surface area (Å²) in [5.74, 6) is -0.681. The molecular weight excluding hydrogens is 334 g/mol. The first kappa shape index (κ1) is 15.9. The summed E-state index contributed by atoms with van der Waals surface area (Å²) in [7, 11) is -2.71. The molecule has 0 atom stereocenters. The maximum atomic E-state index is 12.4. The van der Waals surface area contributed by atoms with E-state index in [0.717, 1.165) is 27.7 Å². The Labute approximate surface area is 130 Å². The number of nitrogens with one attached hydrogen (secondary N) is 1. The zero-order valence-corrected chi connectivity index (χ0v) is 14.0. The van der Waals surface area contributed by atoms with Crippen LogP contribution in [0.15, 0.2) is 10.3 Å². The lowest BCUT2D eigenvalue weighted by atomic mass is 10.3. The number of rotatable bonds is 5. The van der Waals surface area contributed by atoms with Crippen LogP contribution in [0.2, 0.25) is 0 Å². The van der Waals surface area contributed by atoms with Crippen LogP contribution in [0, 0.1) is 6.92 Å². The van der Waals surface area contributed by atoms with Crippen LogP contribution >= 0.6 is 22.7 Å². The maximum Gasteiger partial charge on any atom is 0.349 e. The van der Waals surface area contributed by atoms with Crippen molar-refractivity contribution in [3.8, 4) is 0 Å². The Morgan fingerprint density at radius 1 is 1.43 bits per heavy atom. The van der Waals surface area contributed by atoms with Gasteiger partial charge in [-0.2, -0.15) is 0 Å². The molecule has 7 nitrogen and oxygen atoms in total. The van der Waals surface area contributed by atoms with Crippen molar-refractivity contribution in [3.05, 3.63) is 20.8 Å². The van der Waals surface area contributed by atoms with Crippen molar-refractivity contribution in [1.82, 2.24) is 10.2 Å². The number of thiophene rings is 1. The van der Waals surface area contributed by atoms with Crippen LogP contribution in [-0.4, -0.2) is 31.7 Å². The molecule has 0 fully saturated rings. The number of ether oxygens (including phenoxy) is 1. The van der Waals surface area contributed by atoms with Gasteiger partial charge in [-0.15, -0.1) is 21.5 Å². The van der Waals surface area contributed by atoms with E-state index in [-0.39, 0.29) is 14.9 Å². The lowest BCUT2D eigenvalue weighted by molar-refractivity contribution is 0.0602. The van der Waals surface area contributed by atoms with Gasteiger partial charge >= 0.3 is 5.97 Å². The summed E-state index contributed by atoms with van der Waals surface area (Å²) in [6.45, 7) is 3.52. The van der Waals surface area contributed by atoms with Crippen molar-refractivity contribution in [2.75, 3.05) is 11.8 Å². The second kappa shape index (κ2) is 6.08. The number of aryl methyl sites for hydroxylation is 2. The van der Waals surface area contributed by atoms with Crippen molar-refractivity contribution in [2.45, 2.75) is 25.2 Å². The normalized spacial score (nSPS) is 11.4. The van der Waals surface area contributed by atoms with Gasteiger partial charge in [0.1, 0.15) is 14.8 Å². The third kappa shape index (κ3) is 3.22. The van der Waals surface area contributed by atoms with Crippen LogP contribution in [0.3, 0.4) is 0 Å². The number of anilines is 1. The molecule has 0 aliphatic heterocycles. The molecule has 2 rings (SSSR count). The molecule has 0 aliphatic carbocycles. The van der Waals surface area contributed by atoms with Gasteiger partial charge in [0.25, 0.3) is 10.0 Å². The Kier molecular flexibility index (Phi) is 4.59. The molecule has 114 valence electrons. The highest BCUT2D eigenvalue weighted by Gasteiger charge is 2.28. The van der Waals surface area contributed by atoms with E-state index in [9.17, 15) is 13.2 Å². The first-order valence-corrected chi connectivity index (χ1v) is 9.08. The molecule has 21 heavy (non-hydrogen) atoms. The smallest absolute Gasteiger partial charge is 0.349 e. The van der Waals surface area contributed by atoms with Crippen molar-refractivity contribution in [2.24, 2.45) is 0 Å². The monoisotopic (exact) mass is 347 g/mol. The second-order valence-electron chi connectivity index (χ2n) is 4.03. The summed E-state index contributed by atoms with van der Waals surface area (Å²) in [6, 6.07) is 0. The zero-order valence-electron chi connectivity index (χ0n) is 11.5. The first-order valence-electron chi connectivity index (χ1n) is 5.90. The fourth-order valence-corrected chi connectivity index (χ4v) is 5.22. The molecule has 0 radical (unpaired) electrons. The van der Waals surface area contributed by atoms with Crippen LogP contribution < -0.4 is 4.72 Å². The number of aromatic nitrogens is 2. The van der Waals surface area contributed by atoms with E-state index in [4.69, 9.17) is 0 Å². The minimum Gasteiger partial charge on any atom is -0.465 e. The summed E-state index contributed by atoms with van der Waals surface area (Å²) < 4.78 is 31.9. The SMILES string of the molecule is CCc1nnc(NS(=O)(=O)c2c(C)csc2C(=O)OC)s1. The molecule has 0 amide bonds. The van der Waals surface area contributed by atoms with Gasteiger partial charge in [0.2, 0.25) is 5.13 Å². The van der Waals surface area contributed by atoms with E-state index in [1.807, 2.05) is 6.92 Å². The van der Waals surface area contributed by atoms with Gasteiger partial charge in [-0.3, -0.25) is 4.72 Å². The van der Waals surface area contributed by atoms with Gasteiger partial charge in [-0.05, 0) is 24.3 Å². The number of sulfonamides is 1. The standard InChI is InChI=1S/C11H13N3O4S3/c1-4-7-12-13-11(20-7)14-21(16,17)9-6(2)5-19-8(9)10(15)18-3/h5H,4H2,1-3H3,(H,13,14). The van der Waals surface area contributed by atoms with E-state index < -0.39 is 16.0 Å². The predicted molar refractivity (Wildman–Crippen MR) is 80.5 cm³/mol. The number of methoxy groups -OCH3 is 1. The van der Waals surface area contributed by atoms with E-state index in [2.05, 4.69) is 19.7 Å². The van der Waals surface area contributed by atoms with Gasteiger partial charge in [0, 0.05) is 0 Å². The molecule has 1 N–H and O–H groups in total. The molecular formula is C11H13N3O4S3. The lowest BCUT2D eigenvalue weighted by Gasteiger charge is -2.06. The molecule has 0 bridgehead atoms. The minimum absolute atomic E-state index is 0.0442. The third-order valence-electron chi connectivity index (χ3n) is 2.55. The Morgan fingerprint density at radius 2 is 2.14 bits per heavy atom. The molecule has 0 unspecified atom stereocenters. The number of nitrogens with zero attached hydrogens (tertiary/aromatic N) is 2. The predicted octanol–water partition coefficient (Wildman–Crippen LogP) is 2.06. The number of esters is 1. The molecule has 2 aromatic rings. The van der Waals surface area contributed by atoms with Gasteiger partial charge in [-0.1, -0.05) is 18.3 Å². The Hall–Kier alpha value is -1.52. The highest BCUT2D eigenvalue weighted by atomic mass is 32.2. The van der Waals surface area contributed by atoms with Gasteiger partial charge in [0.05, 0.1) is 7.11 Å². The number of hydrogen-bond acceptors (Lipinski definition) is 8. The summed E-state index contributed by atoms with van der Waals surface area (Å²) in [4.78, 5) is 11.6. The zero-order chi connectivity index (χ0) is 15.6. The van der Waals surface area contributed by atoms with Crippen LogP contribution in [0.5, 0.6) is 0 Å². The van der Waals surface area contributed by atoms with Crippen LogP contribution in [-0.2, 0) is 21.2 Å². The van der Waals surface area contributed by atoms with Crippen molar-refractivity contribution in [1.29, 1.82) is 0 Å². The van der Waals surface area contributed by atoms with Gasteiger partial charge in [0.15, 0.2) is 0 Å². The average Bonchev–Trinajstić information content (AvgIpc) is 3.04. The van der Waals surface area contributed by atoms with E-state index in [0.29, 0.717) is 12.0 Å². The van der Waals surface area contributed by atoms with Crippen molar-refractivity contribution in [3.63, 3.8) is 0 Å². The topological polar surface area (TPSA) is 98.3 Å². The number of carbonyl (C=O) groups is 1. The first-order chi connectivity index (χ1) is 9.89. The molecule has 0 saturated heterocycles. The molecule has 10 heteroatoms. The highest BCUT2D eigenvalue weighted by Crippen LogP contribution is 2.29. The summed E-state index contributed by atoms with van der Waals surface area (Å²) in [6.07, 6.45) is 0.671. The number of hydrogen-bond donors (Lipinski definition) is 1. The summed E-state index contributed by atoms with van der Waals surface area (Å²) in [5, 5.41) is 10.1. The molecule has 0 spiro atoms. The largest absolute Gasteiger partial charge is 0.465 e. The van der Waals surface area contributed by atoms with E-state index >= 15 is 0 Å². The molecule has 2 heterocycles. The molecule has 2 aromatic heterocycles. The van der Waals surface area contributed by atoms with Crippen LogP contribution in [0.4, 0.5) is 5.13 Å². The number of carbonyl (C=O) groups excluding carboxylic acids is 1. The maximum absolute atomic E-state index is 12.4. The average molecular weight is 347 g/mol. The van der Waals surface area contributed by atoms with Crippen LogP contribution in [0.25, 0.3) is 0 Å². The van der Waals surface area contributed by atoms with Gasteiger partial charge < -0.3 is 4.74 Å². The van der Waals surface area contributed by atoms with E-state index in [1.165, 1.54) is 7.11 Å². The van der Waals surface area contributed by atoms with Crippen molar-refractivity contribution < 1.29 is 17.9 Å². The molecule has 0 aliphatic rings. The van der Waals surface area contributed by atoms with E-state index in [1.54, 1.807) is 12.3 Å². The lowest BCUT2D eigenvalue weighted by Crippen LogP contribution is -2.16. The Balaban J connectivity index is 2.40. The molecule has 0 saturated carbocycles. The third-order valence-corrected chi connectivity index (χ3v) is 6.39. The Morgan fingerprint density at radius 3 is 2.71 bits per heavy atom. The highest BCUT2D eigenvalue weighted by molar-refractivity contribution is 7.93. The minimum atomic E-state index is -3.91. The Bertz CT molecular complexity index is 764. The van der Waals surface area contributed by atoms with Crippen molar-refractivity contribution >= 4 is 43.8 Å². The van der Waals surface area contributed by atoms with Crippen LogP contribution in [0.1, 0.15) is 27.2 Å². The quantitative estimate of drug-likeness (QED) is 0.831. The molecule has 0 aromatic carbocycles. The fraction of sp³-hybridized carbons (Fsp3) is 0.364. The van der Waals surface area contributed by atoms with Gasteiger partial charge in [-0.25, -0.2) is 13.2 Å². The second-order valence-corrected chi connectivity index (χ2v) is 7.59.